The quantitative estimate of drug-likeness (QED) is 0.646. The van der Waals surface area contributed by atoms with Gasteiger partial charge in [-0.05, 0) is 19.4 Å². The molecule has 1 nitrogen and oxygen atoms in total. The third-order valence-electron chi connectivity index (χ3n) is 0.677. The van der Waals surface area contributed by atoms with Crippen molar-refractivity contribution in [2.75, 3.05) is 0 Å². The van der Waals surface area contributed by atoms with Gasteiger partial charge in [0.05, 0.1) is 0 Å². The van der Waals surface area contributed by atoms with Crippen molar-refractivity contribution in [3.8, 4) is 0 Å². The smallest absolute Gasteiger partial charge is 0.00179 e. The zero-order valence-corrected chi connectivity index (χ0v) is 10.5. The van der Waals surface area contributed by atoms with Gasteiger partial charge >= 0.3 is 0 Å². The monoisotopic (exact) mass is 187 g/mol. The molecule has 0 saturated heterocycles. The normalized spacial score (nSPS) is 8.00. The van der Waals surface area contributed by atoms with Crippen LogP contribution >= 0.6 is 0 Å². The summed E-state index contributed by atoms with van der Waals surface area (Å²) in [5, 5.41) is 0. The Kier molecular flexibility index (Phi) is 25.2. The highest BCUT2D eigenvalue weighted by Crippen LogP contribution is 1.96. The maximum absolute atomic E-state index is 5.11. The van der Waals surface area contributed by atoms with Crippen molar-refractivity contribution in [3.05, 3.63) is 12.2 Å². The first kappa shape index (κ1) is 18.5. The van der Waals surface area contributed by atoms with E-state index in [4.69, 9.17) is 5.73 Å². The minimum absolute atomic E-state index is 0.333. The lowest BCUT2D eigenvalue weighted by atomic mass is 10.2. The molecule has 13 heavy (non-hydrogen) atoms. The summed E-state index contributed by atoms with van der Waals surface area (Å²) in [4.78, 5) is 0. The average molecular weight is 187 g/mol. The van der Waals surface area contributed by atoms with Gasteiger partial charge in [0.2, 0.25) is 0 Å². The molecule has 0 atom stereocenters. The lowest BCUT2D eigenvalue weighted by Crippen LogP contribution is -2.06. The van der Waals surface area contributed by atoms with Crippen molar-refractivity contribution in [2.45, 2.75) is 66.8 Å². The molecule has 0 amide bonds. The van der Waals surface area contributed by atoms with Crippen molar-refractivity contribution in [3.63, 3.8) is 0 Å². The Labute approximate surface area is 85.4 Å². The van der Waals surface area contributed by atoms with Crippen LogP contribution in [0.2, 0.25) is 0 Å². The van der Waals surface area contributed by atoms with Crippen LogP contribution < -0.4 is 5.73 Å². The molecule has 0 saturated carbocycles. The van der Waals surface area contributed by atoms with Crippen LogP contribution in [-0.2, 0) is 0 Å². The van der Waals surface area contributed by atoms with Gasteiger partial charge in [-0.2, -0.15) is 0 Å². The summed E-state index contributed by atoms with van der Waals surface area (Å²) in [5.74, 6) is 0. The van der Waals surface area contributed by atoms with E-state index in [1.807, 2.05) is 13.8 Å². The van der Waals surface area contributed by atoms with Gasteiger partial charge in [0.15, 0.2) is 0 Å². The van der Waals surface area contributed by atoms with E-state index < -0.39 is 0 Å². The predicted molar refractivity (Wildman–Crippen MR) is 65.0 cm³/mol. The van der Waals surface area contributed by atoms with Gasteiger partial charge in [0, 0.05) is 0 Å². The van der Waals surface area contributed by atoms with E-state index in [1.165, 1.54) is 24.8 Å². The first-order chi connectivity index (χ1) is 5.92. The average Bonchev–Trinajstić information content (AvgIpc) is 1.86. The van der Waals surface area contributed by atoms with Crippen LogP contribution in [0.3, 0.4) is 0 Å². The molecule has 0 aromatic carbocycles. The number of rotatable bonds is 2. The summed E-state index contributed by atoms with van der Waals surface area (Å²) in [7, 11) is 0. The molecule has 0 fully saturated rings. The van der Waals surface area contributed by atoms with E-state index in [9.17, 15) is 0 Å². The van der Waals surface area contributed by atoms with E-state index in [1.54, 1.807) is 0 Å². The molecule has 0 spiro atoms. The van der Waals surface area contributed by atoms with Crippen LogP contribution in [-0.4, -0.2) is 6.04 Å². The topological polar surface area (TPSA) is 26.0 Å². The highest BCUT2D eigenvalue weighted by Gasteiger charge is 1.76. The Bertz CT molecular complexity index is 82.4. The fourth-order valence-corrected chi connectivity index (χ4v) is 0.427. The van der Waals surface area contributed by atoms with Gasteiger partial charge in [0.1, 0.15) is 0 Å². The largest absolute Gasteiger partial charge is 0.328 e. The summed E-state index contributed by atoms with van der Waals surface area (Å²) in [6, 6.07) is 0.333. The number of hydrogen-bond donors (Lipinski definition) is 1. The van der Waals surface area contributed by atoms with Gasteiger partial charge in [-0.3, -0.25) is 0 Å². The predicted octanol–water partition coefficient (Wildman–Crippen LogP) is 4.13. The van der Waals surface area contributed by atoms with Gasteiger partial charge in [-0.15, -0.1) is 6.58 Å². The molecular weight excluding hydrogens is 158 g/mol. The van der Waals surface area contributed by atoms with Crippen molar-refractivity contribution >= 4 is 0 Å². The minimum Gasteiger partial charge on any atom is -0.328 e. The molecule has 82 valence electrons. The van der Waals surface area contributed by atoms with Gasteiger partial charge in [-0.25, -0.2) is 0 Å². The summed E-state index contributed by atoms with van der Waals surface area (Å²) in [6.45, 7) is 16.1. The zero-order chi connectivity index (χ0) is 11.3. The van der Waals surface area contributed by atoms with Crippen molar-refractivity contribution in [1.29, 1.82) is 0 Å². The molecule has 0 heterocycles. The molecular formula is C12H29N. The fourth-order valence-electron chi connectivity index (χ4n) is 0.427. The van der Waals surface area contributed by atoms with E-state index in [0.717, 1.165) is 0 Å². The van der Waals surface area contributed by atoms with Crippen LogP contribution in [0.25, 0.3) is 0 Å². The Hall–Kier alpha value is -0.300. The van der Waals surface area contributed by atoms with E-state index in [-0.39, 0.29) is 0 Å². The second kappa shape index (κ2) is 17.7. The van der Waals surface area contributed by atoms with E-state index in [0.29, 0.717) is 6.04 Å². The summed E-state index contributed by atoms with van der Waals surface area (Å²) in [6.07, 6.45) is 3.66. The van der Waals surface area contributed by atoms with Gasteiger partial charge in [-0.1, -0.05) is 53.0 Å². The summed E-state index contributed by atoms with van der Waals surface area (Å²) < 4.78 is 0. The molecule has 2 N–H and O–H groups in total. The Morgan fingerprint density at radius 2 is 1.46 bits per heavy atom. The molecule has 1 heteroatoms. The SMILES string of the molecule is C=C(C)CCC.CC(C)N.CCC. The van der Waals surface area contributed by atoms with E-state index in [2.05, 4.69) is 34.3 Å². The Morgan fingerprint density at radius 3 is 1.46 bits per heavy atom. The summed E-state index contributed by atoms with van der Waals surface area (Å²) in [5.41, 5.74) is 6.40. The van der Waals surface area contributed by atoms with Crippen LogP contribution in [0.5, 0.6) is 0 Å². The minimum atomic E-state index is 0.333. The van der Waals surface area contributed by atoms with Crippen LogP contribution in [0, 0.1) is 0 Å². The number of hydrogen-bond acceptors (Lipinski definition) is 1. The maximum atomic E-state index is 5.11. The Morgan fingerprint density at radius 1 is 1.23 bits per heavy atom. The standard InChI is InChI=1S/C6H12.C3H9N.C3H8/c1-4-5-6(2)3;1-3(2)4;1-3-2/h2,4-5H2,1,3H3;3H,4H2,1-2H3;3H2,1-2H3. The maximum Gasteiger partial charge on any atom is -0.00179 e. The third kappa shape index (κ3) is 151. The zero-order valence-electron chi connectivity index (χ0n) is 10.5. The number of nitrogens with two attached hydrogens (primary N) is 1. The van der Waals surface area contributed by atoms with Gasteiger partial charge < -0.3 is 5.73 Å². The first-order valence-electron chi connectivity index (χ1n) is 5.32. The van der Waals surface area contributed by atoms with Crippen molar-refractivity contribution in [1.82, 2.24) is 0 Å². The van der Waals surface area contributed by atoms with Crippen LogP contribution in [0.4, 0.5) is 0 Å². The van der Waals surface area contributed by atoms with Crippen LogP contribution in [0.1, 0.15) is 60.8 Å². The van der Waals surface area contributed by atoms with Crippen molar-refractivity contribution < 1.29 is 0 Å². The van der Waals surface area contributed by atoms with E-state index >= 15 is 0 Å². The van der Waals surface area contributed by atoms with Gasteiger partial charge in [0.25, 0.3) is 0 Å². The third-order valence-corrected chi connectivity index (χ3v) is 0.677. The molecule has 0 aliphatic carbocycles. The second-order valence-corrected chi connectivity index (χ2v) is 3.66. The molecule has 0 aliphatic rings. The van der Waals surface area contributed by atoms with Crippen LogP contribution in [0.15, 0.2) is 12.2 Å². The second-order valence-electron chi connectivity index (χ2n) is 3.66. The highest BCUT2D eigenvalue weighted by atomic mass is 14.6. The lowest BCUT2D eigenvalue weighted by Gasteiger charge is -1.87. The highest BCUT2D eigenvalue weighted by molar-refractivity contribution is 4.86. The first-order valence-corrected chi connectivity index (χ1v) is 5.32. The molecule has 0 rings (SSSR count). The van der Waals surface area contributed by atoms with Crippen molar-refractivity contribution in [2.24, 2.45) is 5.73 Å². The molecule has 0 unspecified atom stereocenters. The molecule has 0 radical (unpaired) electrons. The number of allylic oxidation sites excluding steroid dienone is 1. The lowest BCUT2D eigenvalue weighted by molar-refractivity contribution is 0.834. The molecule has 0 bridgehead atoms. The molecule has 0 aromatic rings. The fraction of sp³-hybridized carbons (Fsp3) is 0.833. The summed E-state index contributed by atoms with van der Waals surface area (Å²) >= 11 is 0. The molecule has 0 aromatic heterocycles. The molecule has 0 aliphatic heterocycles. The Balaban J connectivity index is -0.000000125.